The maximum absolute atomic E-state index is 12.8. The first-order valence-electron chi connectivity index (χ1n) is 6.80. The number of hydrogen-bond donors (Lipinski definition) is 0. The number of pyridine rings is 1. The average Bonchev–Trinajstić information content (AvgIpc) is 3.07. The van der Waals surface area contributed by atoms with Crippen molar-refractivity contribution in [1.29, 1.82) is 0 Å². The molecule has 0 saturated heterocycles. The zero-order chi connectivity index (χ0) is 14.5. The molecule has 2 aromatic heterocycles. The lowest BCUT2D eigenvalue weighted by Crippen LogP contribution is -2.19. The molecule has 21 heavy (non-hydrogen) atoms. The Labute approximate surface area is 123 Å². The third-order valence-electron chi connectivity index (χ3n) is 3.39. The molecule has 3 aromatic rings. The summed E-state index contributed by atoms with van der Waals surface area (Å²) < 4.78 is 1.92. The van der Waals surface area contributed by atoms with Gasteiger partial charge in [0.1, 0.15) is 5.69 Å². The molecule has 0 spiro atoms. The number of carbonyl (C=O) groups excluding carboxylic acids is 1. The molecule has 1 atom stereocenters. The molecule has 0 N–H and O–H groups in total. The van der Waals surface area contributed by atoms with Crippen LogP contribution in [0.15, 0.2) is 73.4 Å². The van der Waals surface area contributed by atoms with Crippen molar-refractivity contribution in [3.63, 3.8) is 0 Å². The molecule has 1 aromatic carbocycles. The summed E-state index contributed by atoms with van der Waals surface area (Å²) in [7, 11) is 0. The summed E-state index contributed by atoms with van der Waals surface area (Å²) in [6.45, 7) is 0.555. The number of aromatic nitrogens is 3. The first kappa shape index (κ1) is 13.2. The van der Waals surface area contributed by atoms with Gasteiger partial charge in [0.15, 0.2) is 5.78 Å². The van der Waals surface area contributed by atoms with Gasteiger partial charge in [0.05, 0.1) is 12.2 Å². The Balaban J connectivity index is 1.94. The molecule has 2 heterocycles. The highest BCUT2D eigenvalue weighted by Crippen LogP contribution is 2.22. The lowest BCUT2D eigenvalue weighted by molar-refractivity contribution is 0.0946. The van der Waals surface area contributed by atoms with Crippen LogP contribution in [0, 0.1) is 0 Å². The SMILES string of the molecule is O=C(c1ccccn1)C(Cn1ccnc1)c1ccccc1. The van der Waals surface area contributed by atoms with Gasteiger partial charge in [-0.05, 0) is 17.7 Å². The van der Waals surface area contributed by atoms with E-state index in [-0.39, 0.29) is 11.7 Å². The summed E-state index contributed by atoms with van der Waals surface area (Å²) in [5, 5.41) is 0. The minimum absolute atomic E-state index is 0.0236. The van der Waals surface area contributed by atoms with Crippen LogP contribution in [0.2, 0.25) is 0 Å². The number of Topliss-reactive ketones (excluding diaryl/α,β-unsaturated/α-hetero) is 1. The summed E-state index contributed by atoms with van der Waals surface area (Å²) in [6.07, 6.45) is 6.95. The van der Waals surface area contributed by atoms with Crippen LogP contribution in [0.5, 0.6) is 0 Å². The van der Waals surface area contributed by atoms with Crippen molar-refractivity contribution in [1.82, 2.24) is 14.5 Å². The normalized spacial score (nSPS) is 12.0. The molecule has 0 aliphatic carbocycles. The molecule has 3 rings (SSSR count). The molecular weight excluding hydrogens is 262 g/mol. The Morgan fingerprint density at radius 1 is 1.05 bits per heavy atom. The van der Waals surface area contributed by atoms with Gasteiger partial charge < -0.3 is 4.57 Å². The Bertz CT molecular complexity index is 693. The van der Waals surface area contributed by atoms with Gasteiger partial charge in [-0.15, -0.1) is 0 Å². The molecule has 0 fully saturated rings. The third-order valence-corrected chi connectivity index (χ3v) is 3.39. The molecule has 0 radical (unpaired) electrons. The topological polar surface area (TPSA) is 47.8 Å². The third kappa shape index (κ3) is 3.05. The van der Waals surface area contributed by atoms with E-state index >= 15 is 0 Å². The van der Waals surface area contributed by atoms with Crippen LogP contribution in [0.3, 0.4) is 0 Å². The standard InChI is InChI=1S/C17H15N3O/c21-17(16-8-4-5-9-19-16)15(12-20-11-10-18-13-20)14-6-2-1-3-7-14/h1-11,13,15H,12H2. The van der Waals surface area contributed by atoms with Crippen molar-refractivity contribution < 1.29 is 4.79 Å². The van der Waals surface area contributed by atoms with Gasteiger partial charge in [-0.25, -0.2) is 4.98 Å². The quantitative estimate of drug-likeness (QED) is 0.674. The molecular formula is C17H15N3O. The van der Waals surface area contributed by atoms with E-state index in [1.165, 1.54) is 0 Å². The average molecular weight is 277 g/mol. The Morgan fingerprint density at radius 2 is 1.86 bits per heavy atom. The second-order valence-corrected chi connectivity index (χ2v) is 4.80. The van der Waals surface area contributed by atoms with Crippen LogP contribution in [-0.2, 0) is 6.54 Å². The van der Waals surface area contributed by atoms with Crippen LogP contribution in [-0.4, -0.2) is 20.3 Å². The largest absolute Gasteiger partial charge is 0.336 e. The van der Waals surface area contributed by atoms with Crippen LogP contribution < -0.4 is 0 Å². The van der Waals surface area contributed by atoms with Gasteiger partial charge in [0, 0.05) is 25.1 Å². The van der Waals surface area contributed by atoms with E-state index in [0.717, 1.165) is 5.56 Å². The molecule has 0 amide bonds. The van der Waals surface area contributed by atoms with Crippen molar-refractivity contribution in [2.75, 3.05) is 0 Å². The number of imidazole rings is 1. The fourth-order valence-corrected chi connectivity index (χ4v) is 2.32. The van der Waals surface area contributed by atoms with E-state index < -0.39 is 0 Å². The summed E-state index contributed by atoms with van der Waals surface area (Å²) in [6, 6.07) is 15.2. The van der Waals surface area contributed by atoms with Gasteiger partial charge in [0.25, 0.3) is 0 Å². The van der Waals surface area contributed by atoms with Gasteiger partial charge in [0.2, 0.25) is 0 Å². The lowest BCUT2D eigenvalue weighted by Gasteiger charge is -2.16. The molecule has 0 saturated carbocycles. The van der Waals surface area contributed by atoms with E-state index in [9.17, 15) is 4.79 Å². The monoisotopic (exact) mass is 277 g/mol. The lowest BCUT2D eigenvalue weighted by atomic mass is 9.92. The number of benzene rings is 1. The van der Waals surface area contributed by atoms with Crippen LogP contribution in [0.4, 0.5) is 0 Å². The minimum atomic E-state index is -0.268. The first-order valence-corrected chi connectivity index (χ1v) is 6.80. The maximum Gasteiger partial charge on any atom is 0.190 e. The van der Waals surface area contributed by atoms with Gasteiger partial charge in [-0.2, -0.15) is 0 Å². The number of carbonyl (C=O) groups is 1. The Kier molecular flexibility index (Phi) is 3.87. The maximum atomic E-state index is 12.8. The van der Waals surface area contributed by atoms with Crippen LogP contribution in [0.25, 0.3) is 0 Å². The van der Waals surface area contributed by atoms with Crippen LogP contribution in [0.1, 0.15) is 22.0 Å². The zero-order valence-electron chi connectivity index (χ0n) is 11.5. The highest BCUT2D eigenvalue weighted by molar-refractivity contribution is 5.99. The summed E-state index contributed by atoms with van der Waals surface area (Å²) >= 11 is 0. The highest BCUT2D eigenvalue weighted by Gasteiger charge is 2.23. The highest BCUT2D eigenvalue weighted by atomic mass is 16.1. The molecule has 4 nitrogen and oxygen atoms in total. The first-order chi connectivity index (χ1) is 10.3. The molecule has 104 valence electrons. The van der Waals surface area contributed by atoms with Crippen molar-refractivity contribution in [3.05, 3.63) is 84.7 Å². The fourth-order valence-electron chi connectivity index (χ4n) is 2.32. The van der Waals surface area contributed by atoms with Crippen molar-refractivity contribution in [2.45, 2.75) is 12.5 Å². The molecule has 1 unspecified atom stereocenters. The van der Waals surface area contributed by atoms with E-state index in [1.54, 1.807) is 24.8 Å². The number of nitrogens with zero attached hydrogens (tertiary/aromatic N) is 3. The molecule has 0 bridgehead atoms. The second kappa shape index (κ2) is 6.13. The summed E-state index contributed by atoms with van der Waals surface area (Å²) in [4.78, 5) is 21.0. The summed E-state index contributed by atoms with van der Waals surface area (Å²) in [5.74, 6) is -0.245. The Hall–Kier alpha value is -2.75. The molecule has 0 aliphatic heterocycles. The molecule has 0 aliphatic rings. The smallest absolute Gasteiger partial charge is 0.190 e. The van der Waals surface area contributed by atoms with Crippen molar-refractivity contribution in [2.24, 2.45) is 0 Å². The number of rotatable bonds is 5. The Morgan fingerprint density at radius 3 is 2.52 bits per heavy atom. The fraction of sp³-hybridized carbons (Fsp3) is 0.118. The van der Waals surface area contributed by atoms with E-state index in [2.05, 4.69) is 9.97 Å². The second-order valence-electron chi connectivity index (χ2n) is 4.80. The van der Waals surface area contributed by atoms with Gasteiger partial charge in [-0.3, -0.25) is 9.78 Å². The zero-order valence-corrected chi connectivity index (χ0v) is 11.5. The van der Waals surface area contributed by atoms with Crippen molar-refractivity contribution >= 4 is 5.78 Å². The van der Waals surface area contributed by atoms with Crippen LogP contribution >= 0.6 is 0 Å². The van der Waals surface area contributed by atoms with Crippen molar-refractivity contribution in [3.8, 4) is 0 Å². The van der Waals surface area contributed by atoms with Gasteiger partial charge >= 0.3 is 0 Å². The number of ketones is 1. The predicted octanol–water partition coefficient (Wildman–Crippen LogP) is 2.94. The molecule has 4 heteroatoms. The van der Waals surface area contributed by atoms with E-state index in [4.69, 9.17) is 0 Å². The summed E-state index contributed by atoms with van der Waals surface area (Å²) in [5.41, 5.74) is 1.48. The predicted molar refractivity (Wildman–Crippen MR) is 80.0 cm³/mol. The number of hydrogen-bond acceptors (Lipinski definition) is 3. The van der Waals surface area contributed by atoms with E-state index in [0.29, 0.717) is 12.2 Å². The van der Waals surface area contributed by atoms with E-state index in [1.807, 2.05) is 53.2 Å². The minimum Gasteiger partial charge on any atom is -0.336 e. The van der Waals surface area contributed by atoms with Gasteiger partial charge in [-0.1, -0.05) is 36.4 Å².